The smallest absolute Gasteiger partial charge is 0.200 e. The zero-order chi connectivity index (χ0) is 17.1. The lowest BCUT2D eigenvalue weighted by Crippen LogP contribution is -2.01. The van der Waals surface area contributed by atoms with Crippen LogP contribution in [0.3, 0.4) is 0 Å². The molecule has 0 saturated heterocycles. The molecule has 0 bridgehead atoms. The van der Waals surface area contributed by atoms with Gasteiger partial charge in [0.25, 0.3) is 0 Å². The standard InChI is InChI=1S/C19H20N2O3/c1-4-14-13(15-7-5-6-8-20-15)11-16(21-14)12-9-17(23-2)19(22)18(10-12)24-3/h5-10,22H,4,11H2,1-3H3. The summed E-state index contributed by atoms with van der Waals surface area (Å²) in [6.45, 7) is 2.09. The van der Waals surface area contributed by atoms with Crippen LogP contribution in [0.1, 0.15) is 31.0 Å². The van der Waals surface area contributed by atoms with Gasteiger partial charge in [0.2, 0.25) is 5.75 Å². The number of methoxy groups -OCH3 is 2. The Hall–Kier alpha value is -2.82. The number of allylic oxidation sites excluding steroid dienone is 2. The largest absolute Gasteiger partial charge is 0.502 e. The molecule has 0 amide bonds. The normalized spacial score (nSPS) is 13.9. The van der Waals surface area contributed by atoms with Crippen LogP contribution in [0.5, 0.6) is 17.2 Å². The molecule has 5 heteroatoms. The Morgan fingerprint density at radius 1 is 1.12 bits per heavy atom. The second kappa shape index (κ2) is 6.74. The maximum Gasteiger partial charge on any atom is 0.200 e. The average Bonchev–Trinajstić information content (AvgIpc) is 3.07. The van der Waals surface area contributed by atoms with Crippen molar-refractivity contribution in [1.29, 1.82) is 0 Å². The number of pyridine rings is 1. The van der Waals surface area contributed by atoms with E-state index in [1.54, 1.807) is 18.3 Å². The summed E-state index contributed by atoms with van der Waals surface area (Å²) in [5.41, 5.74) is 4.92. The zero-order valence-corrected chi connectivity index (χ0v) is 14.0. The molecule has 1 aliphatic rings. The van der Waals surface area contributed by atoms with Gasteiger partial charge in [-0.05, 0) is 30.7 Å². The van der Waals surface area contributed by atoms with Crippen LogP contribution in [0.25, 0.3) is 5.57 Å². The van der Waals surface area contributed by atoms with Gasteiger partial charge in [-0.3, -0.25) is 9.98 Å². The van der Waals surface area contributed by atoms with Crippen molar-refractivity contribution in [2.24, 2.45) is 4.99 Å². The van der Waals surface area contributed by atoms with Gasteiger partial charge in [-0.15, -0.1) is 0 Å². The lowest BCUT2D eigenvalue weighted by atomic mass is 10.00. The third-order valence-corrected chi connectivity index (χ3v) is 4.08. The molecule has 124 valence electrons. The lowest BCUT2D eigenvalue weighted by Gasteiger charge is -2.11. The molecule has 0 atom stereocenters. The minimum Gasteiger partial charge on any atom is -0.502 e. The number of aromatic hydroxyl groups is 1. The second-order valence-corrected chi connectivity index (χ2v) is 5.46. The molecular formula is C19H20N2O3. The molecule has 1 aliphatic heterocycles. The minimum atomic E-state index is -0.00373. The predicted octanol–water partition coefficient (Wildman–Crippen LogP) is 3.82. The molecule has 0 spiro atoms. The zero-order valence-electron chi connectivity index (χ0n) is 14.0. The first-order chi connectivity index (χ1) is 11.7. The number of rotatable bonds is 5. The van der Waals surface area contributed by atoms with E-state index in [1.807, 2.05) is 18.2 Å². The number of hydrogen-bond donors (Lipinski definition) is 1. The SMILES string of the molecule is CCC1=C(c2ccccn2)CC(c2cc(OC)c(O)c(OC)c2)=N1. The van der Waals surface area contributed by atoms with Crippen molar-refractivity contribution in [3.05, 3.63) is 53.5 Å². The van der Waals surface area contributed by atoms with Crippen LogP contribution in [-0.2, 0) is 0 Å². The van der Waals surface area contributed by atoms with Gasteiger partial charge in [-0.1, -0.05) is 13.0 Å². The number of aromatic nitrogens is 1. The van der Waals surface area contributed by atoms with Gasteiger partial charge in [0, 0.05) is 29.5 Å². The first-order valence-corrected chi connectivity index (χ1v) is 7.84. The van der Waals surface area contributed by atoms with E-state index in [0.29, 0.717) is 17.9 Å². The summed E-state index contributed by atoms with van der Waals surface area (Å²) in [6, 6.07) is 9.45. The van der Waals surface area contributed by atoms with Gasteiger partial charge in [-0.2, -0.15) is 0 Å². The van der Waals surface area contributed by atoms with Crippen molar-refractivity contribution in [3.8, 4) is 17.2 Å². The van der Waals surface area contributed by atoms with Crippen LogP contribution >= 0.6 is 0 Å². The fraction of sp³-hybridized carbons (Fsp3) is 0.263. The topological polar surface area (TPSA) is 63.9 Å². The van der Waals surface area contributed by atoms with E-state index in [4.69, 9.17) is 14.5 Å². The summed E-state index contributed by atoms with van der Waals surface area (Å²) in [7, 11) is 3.04. The molecule has 2 aromatic rings. The number of hydrogen-bond acceptors (Lipinski definition) is 5. The summed E-state index contributed by atoms with van der Waals surface area (Å²) in [6.07, 6.45) is 3.32. The molecule has 3 rings (SSSR count). The van der Waals surface area contributed by atoms with Gasteiger partial charge < -0.3 is 14.6 Å². The second-order valence-electron chi connectivity index (χ2n) is 5.46. The molecule has 1 N–H and O–H groups in total. The maximum absolute atomic E-state index is 10.1. The molecule has 1 aromatic carbocycles. The Bertz CT molecular complexity index is 786. The summed E-state index contributed by atoms with van der Waals surface area (Å²) >= 11 is 0. The van der Waals surface area contributed by atoms with E-state index < -0.39 is 0 Å². The monoisotopic (exact) mass is 324 g/mol. The van der Waals surface area contributed by atoms with Crippen LogP contribution in [0.4, 0.5) is 0 Å². The Kier molecular flexibility index (Phi) is 4.51. The van der Waals surface area contributed by atoms with Crippen LogP contribution < -0.4 is 9.47 Å². The van der Waals surface area contributed by atoms with Crippen molar-refractivity contribution in [1.82, 2.24) is 4.98 Å². The summed E-state index contributed by atoms with van der Waals surface area (Å²) in [5, 5.41) is 10.1. The third kappa shape index (κ3) is 2.85. The maximum atomic E-state index is 10.1. The highest BCUT2D eigenvalue weighted by atomic mass is 16.5. The molecule has 0 saturated carbocycles. The number of benzene rings is 1. The fourth-order valence-corrected chi connectivity index (χ4v) is 2.84. The van der Waals surface area contributed by atoms with E-state index in [1.165, 1.54) is 14.2 Å². The Labute approximate surface area is 141 Å². The first-order valence-electron chi connectivity index (χ1n) is 7.84. The Balaban J connectivity index is 1.99. The first kappa shape index (κ1) is 16.1. The quantitative estimate of drug-likeness (QED) is 0.908. The van der Waals surface area contributed by atoms with Crippen LogP contribution in [0.2, 0.25) is 0 Å². The van der Waals surface area contributed by atoms with Crippen LogP contribution in [-0.4, -0.2) is 30.0 Å². The number of phenols is 1. The highest BCUT2D eigenvalue weighted by Crippen LogP contribution is 2.39. The third-order valence-electron chi connectivity index (χ3n) is 4.08. The van der Waals surface area contributed by atoms with E-state index in [9.17, 15) is 5.11 Å². The molecule has 5 nitrogen and oxygen atoms in total. The van der Waals surface area contributed by atoms with Crippen molar-refractivity contribution in [2.75, 3.05) is 14.2 Å². The van der Waals surface area contributed by atoms with Gasteiger partial charge in [0.1, 0.15) is 0 Å². The van der Waals surface area contributed by atoms with Crippen LogP contribution in [0.15, 0.2) is 47.2 Å². The van der Waals surface area contributed by atoms with Gasteiger partial charge >= 0.3 is 0 Å². The molecule has 0 fully saturated rings. The summed E-state index contributed by atoms with van der Waals surface area (Å²) < 4.78 is 10.5. The molecule has 0 aliphatic carbocycles. The van der Waals surface area contributed by atoms with E-state index in [-0.39, 0.29) is 5.75 Å². The molecule has 0 radical (unpaired) electrons. The van der Waals surface area contributed by atoms with E-state index in [0.717, 1.165) is 34.7 Å². The molecule has 2 heterocycles. The Morgan fingerprint density at radius 2 is 1.83 bits per heavy atom. The number of phenolic OH excluding ortho intramolecular Hbond substituents is 1. The minimum absolute atomic E-state index is 0.00373. The molecule has 0 unspecified atom stereocenters. The summed E-state index contributed by atoms with van der Waals surface area (Å²) in [4.78, 5) is 9.23. The van der Waals surface area contributed by atoms with Crippen molar-refractivity contribution >= 4 is 11.3 Å². The fourth-order valence-electron chi connectivity index (χ4n) is 2.84. The highest BCUT2D eigenvalue weighted by molar-refractivity contribution is 6.10. The van der Waals surface area contributed by atoms with Crippen molar-refractivity contribution in [2.45, 2.75) is 19.8 Å². The van der Waals surface area contributed by atoms with Crippen molar-refractivity contribution in [3.63, 3.8) is 0 Å². The van der Waals surface area contributed by atoms with E-state index in [2.05, 4.69) is 11.9 Å². The summed E-state index contributed by atoms with van der Waals surface area (Å²) in [5.74, 6) is 0.740. The number of nitrogens with zero attached hydrogens (tertiary/aromatic N) is 2. The van der Waals surface area contributed by atoms with E-state index >= 15 is 0 Å². The van der Waals surface area contributed by atoms with Crippen LogP contribution in [0, 0.1) is 0 Å². The number of aliphatic imine (C=N–C) groups is 1. The average molecular weight is 324 g/mol. The van der Waals surface area contributed by atoms with Gasteiger partial charge in [-0.25, -0.2) is 0 Å². The molecular weight excluding hydrogens is 304 g/mol. The number of ether oxygens (including phenoxy) is 2. The van der Waals surface area contributed by atoms with Gasteiger partial charge in [0.05, 0.1) is 25.6 Å². The lowest BCUT2D eigenvalue weighted by molar-refractivity contribution is 0.340. The highest BCUT2D eigenvalue weighted by Gasteiger charge is 2.22. The molecule has 24 heavy (non-hydrogen) atoms. The molecule has 1 aromatic heterocycles. The Morgan fingerprint density at radius 3 is 2.38 bits per heavy atom. The predicted molar refractivity (Wildman–Crippen MR) is 93.8 cm³/mol. The van der Waals surface area contributed by atoms with Gasteiger partial charge in [0.15, 0.2) is 11.5 Å². The van der Waals surface area contributed by atoms with Crippen molar-refractivity contribution < 1.29 is 14.6 Å².